The van der Waals surface area contributed by atoms with Gasteiger partial charge in [-0.2, -0.15) is 0 Å². The monoisotopic (exact) mass is 460 g/mol. The molecule has 3 rings (SSSR count). The number of halogens is 1. The van der Waals surface area contributed by atoms with E-state index >= 15 is 0 Å². The summed E-state index contributed by atoms with van der Waals surface area (Å²) in [5.74, 6) is -0.265. The predicted octanol–water partition coefficient (Wildman–Crippen LogP) is 5.69. The highest BCUT2D eigenvalue weighted by molar-refractivity contribution is 9.10. The predicted molar refractivity (Wildman–Crippen MR) is 119 cm³/mol. The van der Waals surface area contributed by atoms with Gasteiger partial charge in [0.05, 0.1) is 18.2 Å². The summed E-state index contributed by atoms with van der Waals surface area (Å²) >= 11 is 5.27. The molecule has 0 radical (unpaired) electrons. The van der Waals surface area contributed by atoms with Crippen LogP contribution in [0.4, 0.5) is 5.69 Å². The van der Waals surface area contributed by atoms with E-state index in [0.29, 0.717) is 5.25 Å². The van der Waals surface area contributed by atoms with Crippen molar-refractivity contribution in [3.8, 4) is 0 Å². The van der Waals surface area contributed by atoms with Gasteiger partial charge >= 0.3 is 0 Å². The zero-order valence-corrected chi connectivity index (χ0v) is 18.3. The number of carbonyl (C=O) groups excluding carboxylic acids is 2. The Morgan fingerprint density at radius 2 is 1.79 bits per heavy atom. The molecule has 0 aromatic heterocycles. The van der Waals surface area contributed by atoms with Crippen LogP contribution >= 0.6 is 27.7 Å². The van der Waals surface area contributed by atoms with Gasteiger partial charge in [0.15, 0.2) is 0 Å². The SMILES string of the molecule is CC(=O)NC(CC(=O)Nc1ccccc1SC1CCCC1)c1ccc(Br)cc1. The Bertz CT molecular complexity index is 820. The van der Waals surface area contributed by atoms with Gasteiger partial charge in [-0.3, -0.25) is 9.59 Å². The molecule has 2 aromatic carbocycles. The topological polar surface area (TPSA) is 58.2 Å². The fraction of sp³-hybridized carbons (Fsp3) is 0.364. The number of benzene rings is 2. The lowest BCUT2D eigenvalue weighted by Crippen LogP contribution is -2.29. The van der Waals surface area contributed by atoms with Gasteiger partial charge in [-0.05, 0) is 42.7 Å². The number of rotatable bonds is 7. The Hall–Kier alpha value is -1.79. The van der Waals surface area contributed by atoms with Crippen molar-refractivity contribution in [2.45, 2.75) is 55.2 Å². The lowest BCUT2D eigenvalue weighted by Gasteiger charge is -2.19. The minimum Gasteiger partial charge on any atom is -0.349 e. The van der Waals surface area contributed by atoms with Crippen LogP contribution in [0.2, 0.25) is 0 Å². The van der Waals surface area contributed by atoms with Crippen molar-refractivity contribution in [3.05, 3.63) is 58.6 Å². The molecule has 0 saturated heterocycles. The van der Waals surface area contributed by atoms with Crippen molar-refractivity contribution in [2.75, 3.05) is 5.32 Å². The molecule has 2 aromatic rings. The van der Waals surface area contributed by atoms with Gasteiger partial charge in [0.1, 0.15) is 0 Å². The molecule has 2 N–H and O–H groups in total. The van der Waals surface area contributed by atoms with Crippen molar-refractivity contribution in [2.24, 2.45) is 0 Å². The Balaban J connectivity index is 1.69. The van der Waals surface area contributed by atoms with Crippen molar-refractivity contribution < 1.29 is 9.59 Å². The Labute approximate surface area is 179 Å². The summed E-state index contributed by atoms with van der Waals surface area (Å²) in [6, 6.07) is 15.3. The molecule has 148 valence electrons. The third-order valence-electron chi connectivity index (χ3n) is 4.80. The molecule has 28 heavy (non-hydrogen) atoms. The molecular weight excluding hydrogens is 436 g/mol. The van der Waals surface area contributed by atoms with Gasteiger partial charge in [-0.15, -0.1) is 11.8 Å². The molecule has 1 aliphatic carbocycles. The fourth-order valence-corrected chi connectivity index (χ4v) is 5.03. The lowest BCUT2D eigenvalue weighted by molar-refractivity contribution is -0.120. The van der Waals surface area contributed by atoms with E-state index in [2.05, 4.69) is 32.6 Å². The van der Waals surface area contributed by atoms with Crippen LogP contribution in [0, 0.1) is 0 Å². The molecule has 0 spiro atoms. The molecule has 1 atom stereocenters. The second-order valence-electron chi connectivity index (χ2n) is 7.08. The molecule has 2 amide bonds. The van der Waals surface area contributed by atoms with Crippen molar-refractivity contribution in [3.63, 3.8) is 0 Å². The quantitative estimate of drug-likeness (QED) is 0.557. The first-order chi connectivity index (χ1) is 13.5. The number of anilines is 1. The van der Waals surface area contributed by atoms with Crippen LogP contribution in [0.1, 0.15) is 50.6 Å². The van der Waals surface area contributed by atoms with E-state index < -0.39 is 0 Å². The minimum atomic E-state index is -0.361. The number of hydrogen-bond donors (Lipinski definition) is 2. The molecule has 1 saturated carbocycles. The average molecular weight is 461 g/mol. The minimum absolute atomic E-state index is 0.110. The second kappa shape index (κ2) is 10.1. The third kappa shape index (κ3) is 6.11. The van der Waals surface area contributed by atoms with Crippen molar-refractivity contribution in [1.82, 2.24) is 5.32 Å². The van der Waals surface area contributed by atoms with E-state index in [0.717, 1.165) is 20.6 Å². The van der Waals surface area contributed by atoms with Crippen LogP contribution in [0.3, 0.4) is 0 Å². The molecule has 1 fully saturated rings. The second-order valence-corrected chi connectivity index (χ2v) is 9.34. The van der Waals surface area contributed by atoms with Crippen molar-refractivity contribution in [1.29, 1.82) is 0 Å². The summed E-state index contributed by atoms with van der Waals surface area (Å²) in [5.41, 5.74) is 1.75. The molecule has 1 aliphatic rings. The van der Waals surface area contributed by atoms with Gasteiger partial charge in [0.2, 0.25) is 11.8 Å². The largest absolute Gasteiger partial charge is 0.349 e. The first-order valence-corrected chi connectivity index (χ1v) is 11.3. The van der Waals surface area contributed by atoms with E-state index in [1.807, 2.05) is 54.2 Å². The molecule has 0 aliphatic heterocycles. The van der Waals surface area contributed by atoms with Crippen LogP contribution in [0.25, 0.3) is 0 Å². The van der Waals surface area contributed by atoms with Crippen LogP contribution in [0.5, 0.6) is 0 Å². The zero-order chi connectivity index (χ0) is 19.9. The lowest BCUT2D eigenvalue weighted by atomic mass is 10.0. The van der Waals surface area contributed by atoms with Crippen LogP contribution in [-0.2, 0) is 9.59 Å². The first kappa shape index (κ1) is 20.9. The standard InChI is InChI=1S/C22H25BrN2O2S/c1-15(26)24-20(16-10-12-17(23)13-11-16)14-22(27)25-19-8-4-5-9-21(19)28-18-6-2-3-7-18/h4-5,8-13,18,20H,2-3,6-7,14H2,1H3,(H,24,26)(H,25,27). The fourth-order valence-electron chi connectivity index (χ4n) is 3.44. The zero-order valence-electron chi connectivity index (χ0n) is 15.9. The van der Waals surface area contributed by atoms with Gasteiger partial charge in [-0.1, -0.05) is 53.0 Å². The van der Waals surface area contributed by atoms with Crippen LogP contribution in [-0.4, -0.2) is 17.1 Å². The van der Waals surface area contributed by atoms with Gasteiger partial charge in [0.25, 0.3) is 0 Å². The van der Waals surface area contributed by atoms with E-state index in [1.54, 1.807) is 0 Å². The number of thioether (sulfide) groups is 1. The summed E-state index contributed by atoms with van der Waals surface area (Å²) in [6.45, 7) is 1.47. The molecule has 4 nitrogen and oxygen atoms in total. The molecule has 6 heteroatoms. The Kier molecular flexibility index (Phi) is 7.57. The van der Waals surface area contributed by atoms with Crippen LogP contribution < -0.4 is 10.6 Å². The number of carbonyl (C=O) groups is 2. The van der Waals surface area contributed by atoms with E-state index in [-0.39, 0.29) is 24.3 Å². The summed E-state index contributed by atoms with van der Waals surface area (Å²) in [6.07, 6.45) is 5.24. The number of para-hydroxylation sites is 1. The highest BCUT2D eigenvalue weighted by Gasteiger charge is 2.20. The summed E-state index contributed by atoms with van der Waals surface area (Å²) < 4.78 is 0.958. The van der Waals surface area contributed by atoms with E-state index in [4.69, 9.17) is 0 Å². The average Bonchev–Trinajstić information content (AvgIpc) is 3.16. The smallest absolute Gasteiger partial charge is 0.226 e. The Morgan fingerprint density at radius 3 is 2.46 bits per heavy atom. The summed E-state index contributed by atoms with van der Waals surface area (Å²) in [5, 5.41) is 6.57. The molecule has 0 bridgehead atoms. The van der Waals surface area contributed by atoms with Gasteiger partial charge in [0, 0.05) is 21.5 Å². The summed E-state index contributed by atoms with van der Waals surface area (Å²) in [7, 11) is 0. The van der Waals surface area contributed by atoms with E-state index in [9.17, 15) is 9.59 Å². The first-order valence-electron chi connectivity index (χ1n) is 9.59. The van der Waals surface area contributed by atoms with Crippen LogP contribution in [0.15, 0.2) is 57.9 Å². The van der Waals surface area contributed by atoms with Crippen molar-refractivity contribution >= 4 is 45.2 Å². The maximum Gasteiger partial charge on any atom is 0.226 e. The molecule has 0 heterocycles. The highest BCUT2D eigenvalue weighted by atomic mass is 79.9. The molecular formula is C22H25BrN2O2S. The summed E-state index contributed by atoms with van der Waals surface area (Å²) in [4.78, 5) is 25.5. The van der Waals surface area contributed by atoms with E-state index in [1.165, 1.54) is 32.6 Å². The maximum absolute atomic E-state index is 12.8. The van der Waals surface area contributed by atoms with Gasteiger partial charge < -0.3 is 10.6 Å². The number of nitrogens with one attached hydrogen (secondary N) is 2. The Morgan fingerprint density at radius 1 is 1.11 bits per heavy atom. The third-order valence-corrected chi connectivity index (χ3v) is 6.74. The number of hydrogen-bond acceptors (Lipinski definition) is 3. The molecule has 1 unspecified atom stereocenters. The van der Waals surface area contributed by atoms with Gasteiger partial charge in [-0.25, -0.2) is 0 Å². The maximum atomic E-state index is 12.8. The number of amides is 2. The highest BCUT2D eigenvalue weighted by Crippen LogP contribution is 2.38. The normalized spacial score (nSPS) is 15.2.